The molecule has 0 saturated carbocycles. The zero-order valence-electron chi connectivity index (χ0n) is 26.7. The number of amides is 1. The number of carbonyl (C=O) groups excluding carboxylic acids is 1. The van der Waals surface area contributed by atoms with Crippen molar-refractivity contribution >= 4 is 49.1 Å². The second-order valence-corrected chi connectivity index (χ2v) is 17.0. The molecule has 0 aliphatic carbocycles. The van der Waals surface area contributed by atoms with Crippen molar-refractivity contribution in [2.24, 2.45) is 5.73 Å². The number of phosphoric ester groups is 1. The molecule has 6 heterocycles. The molecule has 1 aromatic carbocycles. The lowest BCUT2D eigenvalue weighted by atomic mass is 10.1. The number of aromatic nitrogens is 6. The third kappa shape index (κ3) is 7.78. The van der Waals surface area contributed by atoms with Gasteiger partial charge in [0, 0.05) is 18.0 Å². The first kappa shape index (κ1) is 37.2. The number of primary amides is 1. The SMILES string of the molecule is NC(=O)Oc1ccc(CSP2(=O)OC[C@H]3O[C@@H](n4cnc5c(N)ncnc54)[C@H](OP(=O)(O)OC[C@H]4O[C@@H](n5ccc(=O)[nH]c5=O)[C@H](O2)[C@@H]4F)[C@@H]3F)cc1. The number of nitrogen functional groups attached to an aromatic ring is 1. The van der Waals surface area contributed by atoms with Crippen LogP contribution in [-0.4, -0.2) is 90.0 Å². The fraction of sp³-hybridized carbons (Fsp3) is 0.407. The Morgan fingerprint density at radius 2 is 1.64 bits per heavy atom. The number of aromatic amines is 1. The predicted octanol–water partition coefficient (Wildman–Crippen LogP) is 1.85. The molecule has 6 N–H and O–H groups in total. The molecular weight excluding hydrogens is 776 g/mol. The van der Waals surface area contributed by atoms with E-state index in [4.69, 9.17) is 43.8 Å². The van der Waals surface area contributed by atoms with Crippen LogP contribution >= 0.6 is 26.0 Å². The molecule has 3 aliphatic heterocycles. The third-order valence-corrected chi connectivity index (χ3v) is 12.8. The number of nitrogens with one attached hydrogen (secondary N) is 1. The molecule has 3 aliphatic rings. The van der Waals surface area contributed by atoms with E-state index in [0.29, 0.717) is 16.9 Å². The lowest BCUT2D eigenvalue weighted by molar-refractivity contribution is -0.0648. The van der Waals surface area contributed by atoms with Crippen molar-refractivity contribution in [2.75, 3.05) is 18.9 Å². The molecule has 7 rings (SSSR count). The number of imidazole rings is 1. The Kier molecular flexibility index (Phi) is 10.3. The number of hydrogen-bond donors (Lipinski definition) is 4. The Hall–Kier alpha value is -4.09. The van der Waals surface area contributed by atoms with Gasteiger partial charge >= 0.3 is 26.4 Å². The number of hydrogen-bond acceptors (Lipinski definition) is 17. The average Bonchev–Trinajstić information content (AvgIpc) is 3.76. The molecule has 4 bridgehead atoms. The third-order valence-electron chi connectivity index (χ3n) is 8.15. The molecule has 1 amide bonds. The number of H-pyrrole nitrogens is 1. The van der Waals surface area contributed by atoms with Gasteiger partial charge in [0.2, 0.25) is 0 Å². The van der Waals surface area contributed by atoms with Crippen LogP contribution in [0.3, 0.4) is 0 Å². The Bertz CT molecular complexity index is 2230. The number of nitrogens with two attached hydrogens (primary N) is 2. The molecule has 4 aromatic rings. The van der Waals surface area contributed by atoms with E-state index in [-0.39, 0.29) is 28.5 Å². The normalized spacial score (nSPS) is 33.4. The molecular formula is C27H28F2N8O13P2S. The Morgan fingerprint density at radius 3 is 2.32 bits per heavy atom. The highest BCUT2D eigenvalue weighted by Gasteiger charge is 2.55. The highest BCUT2D eigenvalue weighted by molar-refractivity contribution is 8.54. The van der Waals surface area contributed by atoms with E-state index in [1.165, 1.54) is 28.8 Å². The summed E-state index contributed by atoms with van der Waals surface area (Å²) in [7, 11) is -5.25. The molecule has 284 valence electrons. The van der Waals surface area contributed by atoms with Crippen LogP contribution in [0.4, 0.5) is 19.4 Å². The van der Waals surface area contributed by atoms with Gasteiger partial charge in [0.25, 0.3) is 5.56 Å². The Morgan fingerprint density at radius 1 is 0.981 bits per heavy atom. The summed E-state index contributed by atoms with van der Waals surface area (Å²) in [5.74, 6) is -0.0533. The summed E-state index contributed by atoms with van der Waals surface area (Å²) >= 11 is 0.545. The van der Waals surface area contributed by atoms with Gasteiger partial charge in [-0.2, -0.15) is 0 Å². The van der Waals surface area contributed by atoms with Gasteiger partial charge in [-0.15, -0.1) is 0 Å². The Labute approximate surface area is 298 Å². The molecule has 3 fully saturated rings. The van der Waals surface area contributed by atoms with Crippen molar-refractivity contribution in [1.82, 2.24) is 29.1 Å². The lowest BCUT2D eigenvalue weighted by Gasteiger charge is -2.27. The van der Waals surface area contributed by atoms with Crippen LogP contribution in [0.5, 0.6) is 5.75 Å². The van der Waals surface area contributed by atoms with Gasteiger partial charge in [0.05, 0.1) is 19.5 Å². The maximum atomic E-state index is 16.2. The standard InChI is InChI=1S/C27H28F2N8O13P2S/c28-17-15-8-45-52(43,53-9-12-1-3-13(4-2-12)46-26(31)39)50-21-18(29)14(47-24(21)36-6-5-16(38)35-27(36)40)7-44-51(41,42)49-20(17)25(48-15)37-11-34-19-22(30)32-10-33-23(19)37/h1-6,10-11,14-15,17-18,20-21,24-25H,7-9H2,(H2,31,39)(H,41,42)(H2,30,32,33)(H,35,38,40)/t14-,15-,17-,18-,20-,21-,24-,25-,52?/m1/s1. The number of halogens is 2. The van der Waals surface area contributed by atoms with Gasteiger partial charge < -0.3 is 30.6 Å². The van der Waals surface area contributed by atoms with Gasteiger partial charge in [0.1, 0.15) is 42.0 Å². The quantitative estimate of drug-likeness (QED) is 0.202. The second kappa shape index (κ2) is 14.6. The fourth-order valence-corrected chi connectivity index (χ4v) is 9.98. The summed E-state index contributed by atoms with van der Waals surface area (Å²) in [5.41, 5.74) is 9.70. The van der Waals surface area contributed by atoms with Crippen LogP contribution in [0.15, 0.2) is 58.8 Å². The first-order chi connectivity index (χ1) is 25.2. The van der Waals surface area contributed by atoms with E-state index < -0.39 is 94.4 Å². The topological polar surface area (TPSA) is 287 Å². The highest BCUT2D eigenvalue weighted by atomic mass is 32.7. The summed E-state index contributed by atoms with van der Waals surface area (Å²) in [5, 5.41) is 0. The minimum absolute atomic E-state index is 0.0288. The number of alkyl halides is 2. The van der Waals surface area contributed by atoms with Gasteiger partial charge in [0.15, 0.2) is 36.3 Å². The van der Waals surface area contributed by atoms with Crippen LogP contribution in [0.2, 0.25) is 0 Å². The van der Waals surface area contributed by atoms with Crippen LogP contribution in [0.25, 0.3) is 11.2 Å². The van der Waals surface area contributed by atoms with E-state index in [0.717, 1.165) is 29.5 Å². The Balaban J connectivity index is 1.23. The first-order valence-electron chi connectivity index (χ1n) is 15.3. The van der Waals surface area contributed by atoms with E-state index in [9.17, 15) is 28.4 Å². The lowest BCUT2D eigenvalue weighted by Crippen LogP contribution is -2.38. The summed E-state index contributed by atoms with van der Waals surface area (Å²) in [6.45, 7) is -6.52. The molecule has 53 heavy (non-hydrogen) atoms. The minimum Gasteiger partial charge on any atom is -0.411 e. The van der Waals surface area contributed by atoms with Crippen LogP contribution in [0, 0.1) is 0 Å². The monoisotopic (exact) mass is 804 g/mol. The largest absolute Gasteiger partial charge is 0.472 e. The smallest absolute Gasteiger partial charge is 0.411 e. The maximum Gasteiger partial charge on any atom is 0.472 e. The van der Waals surface area contributed by atoms with E-state index >= 15 is 8.78 Å². The maximum absolute atomic E-state index is 16.2. The van der Waals surface area contributed by atoms with Crippen molar-refractivity contribution in [2.45, 2.75) is 55.0 Å². The van der Waals surface area contributed by atoms with Gasteiger partial charge in [-0.1, -0.05) is 12.1 Å². The van der Waals surface area contributed by atoms with E-state index in [1.807, 2.05) is 4.98 Å². The number of phosphoric acid groups is 1. The number of benzene rings is 1. The number of carbonyl (C=O) groups is 1. The molecule has 3 aromatic heterocycles. The molecule has 10 atom stereocenters. The second-order valence-electron chi connectivity index (χ2n) is 11.6. The zero-order chi connectivity index (χ0) is 37.7. The van der Waals surface area contributed by atoms with Crippen molar-refractivity contribution < 1.29 is 59.9 Å². The number of anilines is 1. The molecule has 0 radical (unpaired) electrons. The summed E-state index contributed by atoms with van der Waals surface area (Å²) < 4.78 is 100. The van der Waals surface area contributed by atoms with Gasteiger partial charge in [-0.05, 0) is 29.1 Å². The predicted molar refractivity (Wildman–Crippen MR) is 176 cm³/mol. The summed E-state index contributed by atoms with van der Waals surface area (Å²) in [4.78, 5) is 60.3. The highest BCUT2D eigenvalue weighted by Crippen LogP contribution is 2.65. The summed E-state index contributed by atoms with van der Waals surface area (Å²) in [6.07, 6.45) is -13.0. The number of nitrogens with zero attached hydrogens (tertiary/aromatic N) is 5. The van der Waals surface area contributed by atoms with Crippen molar-refractivity contribution in [3.63, 3.8) is 0 Å². The van der Waals surface area contributed by atoms with Gasteiger partial charge in [-0.3, -0.25) is 37.0 Å². The number of ether oxygens (including phenoxy) is 3. The number of fused-ring (bicyclic) bond motifs is 5. The van der Waals surface area contributed by atoms with E-state index in [1.54, 1.807) is 0 Å². The fourth-order valence-electron chi connectivity index (χ4n) is 5.70. The molecule has 26 heteroatoms. The van der Waals surface area contributed by atoms with Crippen LogP contribution in [-0.2, 0) is 42.5 Å². The van der Waals surface area contributed by atoms with Crippen molar-refractivity contribution in [3.05, 3.63) is 75.6 Å². The first-order valence-corrected chi connectivity index (χ1v) is 20.0. The van der Waals surface area contributed by atoms with Crippen LogP contribution < -0.4 is 27.5 Å². The van der Waals surface area contributed by atoms with E-state index in [2.05, 4.69) is 15.0 Å². The zero-order valence-corrected chi connectivity index (χ0v) is 29.3. The van der Waals surface area contributed by atoms with Crippen molar-refractivity contribution in [3.8, 4) is 5.75 Å². The van der Waals surface area contributed by atoms with Crippen LogP contribution in [0.1, 0.15) is 18.0 Å². The number of rotatable bonds is 6. The molecule has 3 saturated heterocycles. The van der Waals surface area contributed by atoms with Crippen molar-refractivity contribution in [1.29, 1.82) is 0 Å². The molecule has 0 spiro atoms. The summed E-state index contributed by atoms with van der Waals surface area (Å²) in [6, 6.07) is 6.73. The minimum atomic E-state index is -5.25. The van der Waals surface area contributed by atoms with Gasteiger partial charge in [-0.25, -0.2) is 42.5 Å². The molecule has 21 nitrogen and oxygen atoms in total. The molecule has 2 unspecified atom stereocenters. The average molecular weight is 805 g/mol.